The maximum Gasteiger partial charge on any atom is 0.222 e. The lowest BCUT2D eigenvalue weighted by Crippen LogP contribution is -2.41. The second kappa shape index (κ2) is 4.61. The van der Waals surface area contributed by atoms with Crippen LogP contribution in [0.2, 0.25) is 0 Å². The molecule has 1 aromatic rings. The lowest BCUT2D eigenvalue weighted by Gasteiger charge is -2.32. The molecule has 17 heavy (non-hydrogen) atoms. The number of piperidine rings is 1. The molecule has 0 aliphatic carbocycles. The Morgan fingerprint density at radius 2 is 2.35 bits per heavy atom. The number of nitrogens with two attached hydrogens (primary N) is 2. The van der Waals surface area contributed by atoms with Crippen LogP contribution >= 0.6 is 0 Å². The van der Waals surface area contributed by atoms with E-state index < -0.39 is 0 Å². The minimum Gasteiger partial charge on any atom is -0.396 e. The fraction of sp³-hybridized carbons (Fsp3) is 0.500. The fourth-order valence-electron chi connectivity index (χ4n) is 2.25. The zero-order valence-corrected chi connectivity index (χ0v) is 10.0. The van der Waals surface area contributed by atoms with Crippen molar-refractivity contribution in [2.45, 2.75) is 19.8 Å². The molecule has 1 unspecified atom stereocenters. The molecule has 1 fully saturated rings. The highest BCUT2D eigenvalue weighted by atomic mass is 16.1. The predicted octanol–water partition coefficient (Wildman–Crippen LogP) is 0.674. The maximum absolute atomic E-state index is 11.2. The van der Waals surface area contributed by atoms with Crippen molar-refractivity contribution in [1.29, 1.82) is 0 Å². The number of nitrogens with zero attached hydrogens (tertiary/aromatic N) is 2. The Balaban J connectivity index is 2.19. The fourth-order valence-corrected chi connectivity index (χ4v) is 2.25. The monoisotopic (exact) mass is 234 g/mol. The zero-order valence-electron chi connectivity index (χ0n) is 10.0. The van der Waals surface area contributed by atoms with Crippen LogP contribution in [0.25, 0.3) is 0 Å². The Hall–Kier alpha value is -1.78. The molecule has 1 aliphatic heterocycles. The van der Waals surface area contributed by atoms with Crippen molar-refractivity contribution in [3.8, 4) is 0 Å². The standard InChI is InChI=1S/C12H18N4O/c1-8-5-10(13)12(15-6-8)16-4-2-3-9(7-16)11(14)17/h5-6,9H,2-4,7,13H2,1H3,(H2,14,17). The molecule has 4 N–H and O–H groups in total. The first kappa shape index (κ1) is 11.7. The summed E-state index contributed by atoms with van der Waals surface area (Å²) in [6, 6.07) is 1.90. The van der Waals surface area contributed by atoms with Gasteiger partial charge in [0.2, 0.25) is 5.91 Å². The largest absolute Gasteiger partial charge is 0.396 e. The molecule has 0 radical (unpaired) electrons. The summed E-state index contributed by atoms with van der Waals surface area (Å²) in [5.74, 6) is 0.438. The van der Waals surface area contributed by atoms with Gasteiger partial charge in [-0.15, -0.1) is 0 Å². The molecule has 2 rings (SSSR count). The van der Waals surface area contributed by atoms with Crippen LogP contribution < -0.4 is 16.4 Å². The minimum atomic E-state index is -0.236. The van der Waals surface area contributed by atoms with Gasteiger partial charge >= 0.3 is 0 Å². The summed E-state index contributed by atoms with van der Waals surface area (Å²) in [5.41, 5.74) is 13.0. The van der Waals surface area contributed by atoms with E-state index in [9.17, 15) is 4.79 Å². The number of anilines is 2. The number of hydrogen-bond donors (Lipinski definition) is 2. The highest BCUT2D eigenvalue weighted by Gasteiger charge is 2.25. The van der Waals surface area contributed by atoms with E-state index in [0.717, 1.165) is 30.8 Å². The average Bonchev–Trinajstić information content (AvgIpc) is 2.29. The number of carbonyl (C=O) groups is 1. The minimum absolute atomic E-state index is 0.0914. The van der Waals surface area contributed by atoms with Gasteiger partial charge in [0.05, 0.1) is 11.6 Å². The topological polar surface area (TPSA) is 85.2 Å². The van der Waals surface area contributed by atoms with Gasteiger partial charge in [-0.2, -0.15) is 0 Å². The van der Waals surface area contributed by atoms with E-state index in [0.29, 0.717) is 12.2 Å². The molecule has 1 atom stereocenters. The third kappa shape index (κ3) is 2.49. The number of rotatable bonds is 2. The lowest BCUT2D eigenvalue weighted by molar-refractivity contribution is -0.122. The van der Waals surface area contributed by atoms with Crippen LogP contribution in [0.4, 0.5) is 11.5 Å². The third-order valence-electron chi connectivity index (χ3n) is 3.16. The number of pyridine rings is 1. The number of aromatic nitrogens is 1. The summed E-state index contributed by atoms with van der Waals surface area (Å²) < 4.78 is 0. The Morgan fingerprint density at radius 3 is 3.00 bits per heavy atom. The molecule has 5 heteroatoms. The number of carbonyl (C=O) groups excluding carboxylic acids is 1. The van der Waals surface area contributed by atoms with Crippen molar-refractivity contribution >= 4 is 17.4 Å². The van der Waals surface area contributed by atoms with E-state index in [1.807, 2.05) is 17.9 Å². The summed E-state index contributed by atoms with van der Waals surface area (Å²) >= 11 is 0. The van der Waals surface area contributed by atoms with Crippen LogP contribution in [0.1, 0.15) is 18.4 Å². The van der Waals surface area contributed by atoms with E-state index in [1.54, 1.807) is 6.20 Å². The summed E-state index contributed by atoms with van der Waals surface area (Å²) in [7, 11) is 0. The first-order valence-corrected chi connectivity index (χ1v) is 5.84. The average molecular weight is 234 g/mol. The Morgan fingerprint density at radius 1 is 1.59 bits per heavy atom. The van der Waals surface area contributed by atoms with Crippen molar-refractivity contribution in [2.75, 3.05) is 23.7 Å². The molecule has 0 saturated carbocycles. The zero-order chi connectivity index (χ0) is 12.4. The molecule has 92 valence electrons. The molecular formula is C12H18N4O. The smallest absolute Gasteiger partial charge is 0.222 e. The highest BCUT2D eigenvalue weighted by Crippen LogP contribution is 2.26. The summed E-state index contributed by atoms with van der Waals surface area (Å²) in [6.45, 7) is 3.45. The van der Waals surface area contributed by atoms with Crippen LogP contribution in [-0.2, 0) is 4.79 Å². The number of nitrogen functional groups attached to an aromatic ring is 1. The Kier molecular flexibility index (Phi) is 3.17. The van der Waals surface area contributed by atoms with E-state index >= 15 is 0 Å². The summed E-state index contributed by atoms with van der Waals surface area (Å²) in [4.78, 5) is 17.6. The van der Waals surface area contributed by atoms with Crippen molar-refractivity contribution in [1.82, 2.24) is 4.98 Å². The van der Waals surface area contributed by atoms with Crippen LogP contribution in [-0.4, -0.2) is 24.0 Å². The summed E-state index contributed by atoms with van der Waals surface area (Å²) in [5, 5.41) is 0. The number of primary amides is 1. The van der Waals surface area contributed by atoms with Crippen molar-refractivity contribution < 1.29 is 4.79 Å². The Bertz CT molecular complexity index is 433. The van der Waals surface area contributed by atoms with Gasteiger partial charge in [-0.3, -0.25) is 4.79 Å². The first-order chi connectivity index (χ1) is 8.08. The SMILES string of the molecule is Cc1cnc(N2CCCC(C(N)=O)C2)c(N)c1. The second-order valence-electron chi connectivity index (χ2n) is 4.61. The van der Waals surface area contributed by atoms with Crippen LogP contribution in [0, 0.1) is 12.8 Å². The van der Waals surface area contributed by atoms with Gasteiger partial charge < -0.3 is 16.4 Å². The molecule has 1 saturated heterocycles. The van der Waals surface area contributed by atoms with Gasteiger partial charge in [0.15, 0.2) is 5.82 Å². The van der Waals surface area contributed by atoms with Crippen molar-refractivity contribution in [2.24, 2.45) is 11.7 Å². The molecular weight excluding hydrogens is 216 g/mol. The quantitative estimate of drug-likeness (QED) is 0.787. The molecule has 1 amide bonds. The van der Waals surface area contributed by atoms with E-state index in [1.165, 1.54) is 0 Å². The summed E-state index contributed by atoms with van der Waals surface area (Å²) in [6.07, 6.45) is 3.60. The molecule has 2 heterocycles. The molecule has 0 bridgehead atoms. The van der Waals surface area contributed by atoms with E-state index in [-0.39, 0.29) is 11.8 Å². The van der Waals surface area contributed by atoms with Gasteiger partial charge in [-0.1, -0.05) is 0 Å². The lowest BCUT2D eigenvalue weighted by atomic mass is 9.97. The van der Waals surface area contributed by atoms with Gasteiger partial charge in [0.25, 0.3) is 0 Å². The second-order valence-corrected chi connectivity index (χ2v) is 4.61. The van der Waals surface area contributed by atoms with Crippen LogP contribution in [0.15, 0.2) is 12.3 Å². The van der Waals surface area contributed by atoms with Crippen molar-refractivity contribution in [3.05, 3.63) is 17.8 Å². The predicted molar refractivity (Wildman–Crippen MR) is 67.5 cm³/mol. The number of aryl methyl sites for hydroxylation is 1. The van der Waals surface area contributed by atoms with Crippen molar-refractivity contribution in [3.63, 3.8) is 0 Å². The maximum atomic E-state index is 11.2. The molecule has 0 aromatic carbocycles. The van der Waals surface area contributed by atoms with Gasteiger partial charge in [-0.25, -0.2) is 4.98 Å². The molecule has 1 aromatic heterocycles. The molecule has 0 spiro atoms. The number of hydrogen-bond acceptors (Lipinski definition) is 4. The third-order valence-corrected chi connectivity index (χ3v) is 3.16. The van der Waals surface area contributed by atoms with Gasteiger partial charge in [0, 0.05) is 19.3 Å². The molecule has 1 aliphatic rings. The van der Waals surface area contributed by atoms with E-state index in [2.05, 4.69) is 4.98 Å². The number of amides is 1. The molecule has 5 nitrogen and oxygen atoms in total. The first-order valence-electron chi connectivity index (χ1n) is 5.84. The van der Waals surface area contributed by atoms with Crippen LogP contribution in [0.3, 0.4) is 0 Å². The highest BCUT2D eigenvalue weighted by molar-refractivity contribution is 5.78. The van der Waals surface area contributed by atoms with Crippen LogP contribution in [0.5, 0.6) is 0 Å². The van der Waals surface area contributed by atoms with Gasteiger partial charge in [0.1, 0.15) is 0 Å². The Labute approximate surface area is 101 Å². The normalized spacial score (nSPS) is 20.3. The van der Waals surface area contributed by atoms with E-state index in [4.69, 9.17) is 11.5 Å². The van der Waals surface area contributed by atoms with Gasteiger partial charge in [-0.05, 0) is 31.4 Å².